The SMILES string of the molecule is CCc1nsc(N2CCN(C(=NC)NCCNC(=O)c3ccccc3Cl)CC2)n1. The molecule has 2 aromatic rings. The third-order valence-corrected chi connectivity index (χ3v) is 5.79. The summed E-state index contributed by atoms with van der Waals surface area (Å²) in [6.45, 7) is 6.59. The van der Waals surface area contributed by atoms with Crippen molar-refractivity contribution in [2.24, 2.45) is 4.99 Å². The number of nitrogens with zero attached hydrogens (tertiary/aromatic N) is 5. The summed E-state index contributed by atoms with van der Waals surface area (Å²) in [5, 5.41) is 7.63. The third-order valence-electron chi connectivity index (χ3n) is 4.65. The second kappa shape index (κ2) is 10.4. The van der Waals surface area contributed by atoms with Gasteiger partial charge < -0.3 is 20.4 Å². The van der Waals surface area contributed by atoms with Crippen molar-refractivity contribution in [1.82, 2.24) is 24.9 Å². The smallest absolute Gasteiger partial charge is 0.252 e. The molecular weight excluding hydrogens is 410 g/mol. The molecule has 1 amide bonds. The molecule has 1 aliphatic rings. The van der Waals surface area contributed by atoms with Crippen LogP contribution in [0.1, 0.15) is 23.1 Å². The van der Waals surface area contributed by atoms with E-state index in [-0.39, 0.29) is 5.91 Å². The van der Waals surface area contributed by atoms with Gasteiger partial charge in [-0.3, -0.25) is 9.79 Å². The zero-order valence-electron chi connectivity index (χ0n) is 16.7. The van der Waals surface area contributed by atoms with Gasteiger partial charge in [0.2, 0.25) is 5.13 Å². The highest BCUT2D eigenvalue weighted by molar-refractivity contribution is 7.09. The highest BCUT2D eigenvalue weighted by atomic mass is 35.5. The summed E-state index contributed by atoms with van der Waals surface area (Å²) < 4.78 is 4.37. The van der Waals surface area contributed by atoms with E-state index in [1.165, 1.54) is 11.5 Å². The molecule has 10 heteroatoms. The number of halogens is 1. The highest BCUT2D eigenvalue weighted by Gasteiger charge is 2.22. The Hall–Kier alpha value is -2.39. The normalized spacial score (nSPS) is 14.8. The molecule has 0 saturated carbocycles. The van der Waals surface area contributed by atoms with Crippen molar-refractivity contribution in [3.63, 3.8) is 0 Å². The van der Waals surface area contributed by atoms with E-state index in [0.29, 0.717) is 23.7 Å². The van der Waals surface area contributed by atoms with Crippen molar-refractivity contribution in [2.75, 3.05) is 51.2 Å². The molecule has 0 aliphatic carbocycles. The fraction of sp³-hybridized carbons (Fsp3) is 0.474. The van der Waals surface area contributed by atoms with E-state index in [1.54, 1.807) is 31.3 Å². The van der Waals surface area contributed by atoms with Crippen LogP contribution in [0.5, 0.6) is 0 Å². The summed E-state index contributed by atoms with van der Waals surface area (Å²) >= 11 is 7.52. The van der Waals surface area contributed by atoms with Gasteiger partial charge in [-0.25, -0.2) is 4.98 Å². The van der Waals surface area contributed by atoms with Gasteiger partial charge in [0.25, 0.3) is 5.91 Å². The van der Waals surface area contributed by atoms with Crippen LogP contribution in [0.15, 0.2) is 29.3 Å². The molecule has 0 bridgehead atoms. The first kappa shape index (κ1) is 21.3. The van der Waals surface area contributed by atoms with Crippen LogP contribution in [0, 0.1) is 0 Å². The summed E-state index contributed by atoms with van der Waals surface area (Å²) in [6.07, 6.45) is 0.861. The molecule has 1 aromatic heterocycles. The lowest BCUT2D eigenvalue weighted by atomic mass is 10.2. The number of piperazine rings is 1. The minimum absolute atomic E-state index is 0.176. The Morgan fingerprint density at radius 2 is 1.93 bits per heavy atom. The van der Waals surface area contributed by atoms with E-state index in [1.807, 2.05) is 0 Å². The zero-order valence-corrected chi connectivity index (χ0v) is 18.3. The molecule has 0 unspecified atom stereocenters. The summed E-state index contributed by atoms with van der Waals surface area (Å²) in [7, 11) is 1.77. The first-order valence-electron chi connectivity index (χ1n) is 9.68. The fourth-order valence-corrected chi connectivity index (χ4v) is 4.07. The standard InChI is InChI=1S/C19H26ClN7OS/c1-3-16-24-19(29-25-16)27-12-10-26(11-13-27)18(21-2)23-9-8-22-17(28)14-6-4-5-7-15(14)20/h4-7H,3,8-13H2,1-2H3,(H,21,23)(H,22,28). The maximum Gasteiger partial charge on any atom is 0.252 e. The molecule has 0 radical (unpaired) electrons. The quantitative estimate of drug-likeness (QED) is 0.409. The monoisotopic (exact) mass is 435 g/mol. The van der Waals surface area contributed by atoms with Crippen LogP contribution in [-0.4, -0.2) is 72.4 Å². The van der Waals surface area contributed by atoms with Gasteiger partial charge in [0.05, 0.1) is 10.6 Å². The molecule has 1 aliphatic heterocycles. The average molecular weight is 436 g/mol. The fourth-order valence-electron chi connectivity index (χ4n) is 3.05. The average Bonchev–Trinajstić information content (AvgIpc) is 3.23. The Kier molecular flexibility index (Phi) is 7.65. The van der Waals surface area contributed by atoms with Crippen LogP contribution in [0.2, 0.25) is 5.02 Å². The molecule has 1 saturated heterocycles. The lowest BCUT2D eigenvalue weighted by Crippen LogP contribution is -2.53. The van der Waals surface area contributed by atoms with Gasteiger partial charge in [-0.1, -0.05) is 30.7 Å². The van der Waals surface area contributed by atoms with Crippen molar-refractivity contribution in [2.45, 2.75) is 13.3 Å². The Balaban J connectivity index is 1.42. The number of hydrogen-bond acceptors (Lipinski definition) is 6. The minimum Gasteiger partial charge on any atom is -0.354 e. The molecule has 156 valence electrons. The van der Waals surface area contributed by atoms with Crippen molar-refractivity contribution >= 4 is 40.1 Å². The Morgan fingerprint density at radius 3 is 2.59 bits per heavy atom. The number of aryl methyl sites for hydroxylation is 1. The predicted octanol–water partition coefficient (Wildman–Crippen LogP) is 1.88. The number of hydrogen-bond donors (Lipinski definition) is 2. The van der Waals surface area contributed by atoms with E-state index in [9.17, 15) is 4.79 Å². The summed E-state index contributed by atoms with van der Waals surface area (Å²) in [6, 6.07) is 7.02. The Labute approximate surface area is 180 Å². The van der Waals surface area contributed by atoms with E-state index in [2.05, 4.69) is 41.7 Å². The summed E-state index contributed by atoms with van der Waals surface area (Å²) in [5.41, 5.74) is 0.484. The number of rotatable bonds is 6. The zero-order chi connectivity index (χ0) is 20.6. The summed E-state index contributed by atoms with van der Waals surface area (Å²) in [5.74, 6) is 1.57. The van der Waals surface area contributed by atoms with Crippen LogP contribution >= 0.6 is 23.1 Å². The highest BCUT2D eigenvalue weighted by Crippen LogP contribution is 2.19. The molecule has 0 spiro atoms. The molecular formula is C19H26ClN7OS. The van der Waals surface area contributed by atoms with Gasteiger partial charge in [-0.2, -0.15) is 4.37 Å². The van der Waals surface area contributed by atoms with Gasteiger partial charge in [0.15, 0.2) is 5.96 Å². The lowest BCUT2D eigenvalue weighted by Gasteiger charge is -2.36. The summed E-state index contributed by atoms with van der Waals surface area (Å²) in [4.78, 5) is 25.6. The number of aromatic nitrogens is 2. The largest absolute Gasteiger partial charge is 0.354 e. The van der Waals surface area contributed by atoms with E-state index < -0.39 is 0 Å². The molecule has 0 atom stereocenters. The second-order valence-electron chi connectivity index (χ2n) is 6.53. The minimum atomic E-state index is -0.176. The molecule has 2 heterocycles. The molecule has 2 N–H and O–H groups in total. The van der Waals surface area contributed by atoms with Gasteiger partial charge in [0, 0.05) is 64.3 Å². The number of anilines is 1. The molecule has 8 nitrogen and oxygen atoms in total. The van der Waals surface area contributed by atoms with Crippen molar-refractivity contribution in [3.05, 3.63) is 40.7 Å². The molecule has 3 rings (SSSR count). The number of carbonyl (C=O) groups is 1. The van der Waals surface area contributed by atoms with Crippen molar-refractivity contribution < 1.29 is 4.79 Å². The van der Waals surface area contributed by atoms with Crippen molar-refractivity contribution in [1.29, 1.82) is 0 Å². The number of carbonyl (C=O) groups excluding carboxylic acids is 1. The Morgan fingerprint density at radius 1 is 1.21 bits per heavy atom. The number of nitrogens with one attached hydrogen (secondary N) is 2. The first-order chi connectivity index (χ1) is 14.1. The van der Waals surface area contributed by atoms with Crippen LogP contribution in [0.3, 0.4) is 0 Å². The van der Waals surface area contributed by atoms with Gasteiger partial charge in [0.1, 0.15) is 5.82 Å². The van der Waals surface area contributed by atoms with E-state index in [0.717, 1.165) is 49.5 Å². The topological polar surface area (TPSA) is 85.8 Å². The lowest BCUT2D eigenvalue weighted by molar-refractivity contribution is 0.0954. The van der Waals surface area contributed by atoms with Gasteiger partial charge in [-0.05, 0) is 12.1 Å². The number of guanidine groups is 1. The van der Waals surface area contributed by atoms with Crippen LogP contribution in [0.25, 0.3) is 0 Å². The number of amides is 1. The molecule has 1 fully saturated rings. The van der Waals surface area contributed by atoms with E-state index >= 15 is 0 Å². The van der Waals surface area contributed by atoms with Gasteiger partial charge in [-0.15, -0.1) is 0 Å². The van der Waals surface area contributed by atoms with Crippen LogP contribution < -0.4 is 15.5 Å². The predicted molar refractivity (Wildman–Crippen MR) is 118 cm³/mol. The second-order valence-corrected chi connectivity index (χ2v) is 7.67. The third kappa shape index (κ3) is 5.57. The van der Waals surface area contributed by atoms with Crippen LogP contribution in [-0.2, 0) is 6.42 Å². The van der Waals surface area contributed by atoms with Gasteiger partial charge >= 0.3 is 0 Å². The van der Waals surface area contributed by atoms with Crippen LogP contribution in [0.4, 0.5) is 5.13 Å². The molecule has 1 aromatic carbocycles. The number of aliphatic imine (C=N–C) groups is 1. The van der Waals surface area contributed by atoms with Crippen molar-refractivity contribution in [3.8, 4) is 0 Å². The Bertz CT molecular complexity index is 849. The first-order valence-corrected chi connectivity index (χ1v) is 10.8. The maximum atomic E-state index is 12.2. The maximum absolute atomic E-state index is 12.2. The number of benzene rings is 1. The van der Waals surface area contributed by atoms with E-state index in [4.69, 9.17) is 11.6 Å². The molecule has 29 heavy (non-hydrogen) atoms.